The lowest BCUT2D eigenvalue weighted by Gasteiger charge is -2.12. The second-order valence-corrected chi connectivity index (χ2v) is 4.65. The van der Waals surface area contributed by atoms with Crippen molar-refractivity contribution in [3.05, 3.63) is 57.6 Å². The van der Waals surface area contributed by atoms with Gasteiger partial charge in [0.1, 0.15) is 11.4 Å². The van der Waals surface area contributed by atoms with Gasteiger partial charge in [0.05, 0.1) is 4.92 Å². The highest BCUT2D eigenvalue weighted by Crippen LogP contribution is 2.35. The molecule has 0 saturated heterocycles. The van der Waals surface area contributed by atoms with Crippen LogP contribution in [0.25, 0.3) is 0 Å². The molecule has 0 amide bonds. The van der Waals surface area contributed by atoms with E-state index < -0.39 is 0 Å². The van der Waals surface area contributed by atoms with Crippen LogP contribution in [0.4, 0.5) is 22.7 Å². The largest absolute Gasteiger partial charge is 0.382 e. The van der Waals surface area contributed by atoms with Crippen molar-refractivity contribution in [3.63, 3.8) is 0 Å². The highest BCUT2D eigenvalue weighted by molar-refractivity contribution is 5.80. The first kappa shape index (κ1) is 13.9. The van der Waals surface area contributed by atoms with Crippen LogP contribution >= 0.6 is 0 Å². The summed E-state index contributed by atoms with van der Waals surface area (Å²) in [6, 6.07) is 11.1. The number of hydrogen-bond donors (Lipinski definition) is 2. The van der Waals surface area contributed by atoms with Gasteiger partial charge in [0.2, 0.25) is 0 Å². The Morgan fingerprint density at radius 3 is 2.35 bits per heavy atom. The minimum absolute atomic E-state index is 0.0509. The zero-order valence-corrected chi connectivity index (χ0v) is 11.7. The first-order chi connectivity index (χ1) is 9.52. The van der Waals surface area contributed by atoms with Gasteiger partial charge in [-0.3, -0.25) is 10.1 Å². The molecule has 2 aromatic carbocycles. The number of anilines is 3. The van der Waals surface area contributed by atoms with E-state index in [1.165, 1.54) is 0 Å². The average Bonchev–Trinajstić information content (AvgIpc) is 2.41. The normalized spacial score (nSPS) is 10.2. The van der Waals surface area contributed by atoms with E-state index in [0.29, 0.717) is 11.4 Å². The van der Waals surface area contributed by atoms with Gasteiger partial charge in [-0.15, -0.1) is 0 Å². The number of nitro benzene ring substituents is 1. The van der Waals surface area contributed by atoms with Crippen LogP contribution in [0.15, 0.2) is 36.4 Å². The molecule has 2 N–H and O–H groups in total. The van der Waals surface area contributed by atoms with Crippen LogP contribution in [0.1, 0.15) is 11.1 Å². The number of aryl methyl sites for hydroxylation is 2. The number of nitrogens with one attached hydrogen (secondary N) is 2. The van der Waals surface area contributed by atoms with E-state index >= 15 is 0 Å². The Labute approximate surface area is 117 Å². The third-order valence-electron chi connectivity index (χ3n) is 3.14. The fraction of sp³-hybridized carbons (Fsp3) is 0.200. The topological polar surface area (TPSA) is 67.2 Å². The van der Waals surface area contributed by atoms with Crippen LogP contribution in [0.5, 0.6) is 0 Å². The number of nitro groups is 1. The minimum atomic E-state index is -0.377. The van der Waals surface area contributed by atoms with Gasteiger partial charge >= 0.3 is 5.69 Å². The molecule has 0 atom stereocenters. The second-order valence-electron chi connectivity index (χ2n) is 4.65. The highest BCUT2D eigenvalue weighted by Gasteiger charge is 2.19. The van der Waals surface area contributed by atoms with Gasteiger partial charge in [-0.1, -0.05) is 23.8 Å². The minimum Gasteiger partial charge on any atom is -0.382 e. The summed E-state index contributed by atoms with van der Waals surface area (Å²) in [5, 5.41) is 17.2. The van der Waals surface area contributed by atoms with E-state index in [1.54, 1.807) is 25.2 Å². The molecule has 104 valence electrons. The molecule has 0 radical (unpaired) electrons. The standard InChI is InChI=1S/C15H17N3O2/c1-10-7-8-12(11(2)9-10)17-14-6-4-5-13(16-3)15(14)18(19)20/h4-9,16-17H,1-3H3. The highest BCUT2D eigenvalue weighted by atomic mass is 16.6. The van der Waals surface area contributed by atoms with Gasteiger partial charge in [-0.05, 0) is 37.6 Å². The quantitative estimate of drug-likeness (QED) is 0.651. The molecule has 0 fully saturated rings. The Kier molecular flexibility index (Phi) is 3.89. The fourth-order valence-corrected chi connectivity index (χ4v) is 2.14. The van der Waals surface area contributed by atoms with Gasteiger partial charge in [-0.2, -0.15) is 0 Å². The summed E-state index contributed by atoms with van der Waals surface area (Å²) in [5.74, 6) is 0. The summed E-state index contributed by atoms with van der Waals surface area (Å²) in [7, 11) is 1.67. The molecular weight excluding hydrogens is 254 g/mol. The molecule has 0 spiro atoms. The Hall–Kier alpha value is -2.56. The van der Waals surface area contributed by atoms with E-state index in [2.05, 4.69) is 10.6 Å². The van der Waals surface area contributed by atoms with Crippen LogP contribution in [-0.4, -0.2) is 12.0 Å². The molecule has 0 unspecified atom stereocenters. The van der Waals surface area contributed by atoms with Crippen molar-refractivity contribution in [2.45, 2.75) is 13.8 Å². The molecule has 0 aliphatic carbocycles. The Bertz CT molecular complexity index is 654. The van der Waals surface area contributed by atoms with E-state index in [-0.39, 0.29) is 10.6 Å². The molecule has 0 aromatic heterocycles. The van der Waals surface area contributed by atoms with Crippen LogP contribution < -0.4 is 10.6 Å². The van der Waals surface area contributed by atoms with Crippen molar-refractivity contribution in [1.82, 2.24) is 0 Å². The number of hydrogen-bond acceptors (Lipinski definition) is 4. The molecule has 0 bridgehead atoms. The van der Waals surface area contributed by atoms with Crippen molar-refractivity contribution < 1.29 is 4.92 Å². The van der Waals surface area contributed by atoms with Crippen molar-refractivity contribution in [2.24, 2.45) is 0 Å². The molecule has 5 heteroatoms. The van der Waals surface area contributed by atoms with E-state index in [4.69, 9.17) is 0 Å². The zero-order chi connectivity index (χ0) is 14.7. The van der Waals surface area contributed by atoms with Gasteiger partial charge in [0, 0.05) is 12.7 Å². The van der Waals surface area contributed by atoms with Gasteiger partial charge in [-0.25, -0.2) is 0 Å². The molecular formula is C15H17N3O2. The number of para-hydroxylation sites is 1. The lowest BCUT2D eigenvalue weighted by atomic mass is 10.1. The lowest BCUT2D eigenvalue weighted by molar-refractivity contribution is -0.383. The first-order valence-corrected chi connectivity index (χ1v) is 6.32. The summed E-state index contributed by atoms with van der Waals surface area (Å²) in [5.41, 5.74) is 4.10. The average molecular weight is 271 g/mol. The summed E-state index contributed by atoms with van der Waals surface area (Å²) in [6.45, 7) is 3.99. The fourth-order valence-electron chi connectivity index (χ4n) is 2.14. The van der Waals surface area contributed by atoms with Crippen molar-refractivity contribution in [1.29, 1.82) is 0 Å². The Morgan fingerprint density at radius 1 is 1.05 bits per heavy atom. The number of benzene rings is 2. The smallest absolute Gasteiger partial charge is 0.315 e. The predicted molar refractivity (Wildman–Crippen MR) is 81.8 cm³/mol. The SMILES string of the molecule is CNc1cccc(Nc2ccc(C)cc2C)c1[N+](=O)[O-]. The molecule has 0 heterocycles. The van der Waals surface area contributed by atoms with Crippen molar-refractivity contribution in [2.75, 3.05) is 17.7 Å². The monoisotopic (exact) mass is 271 g/mol. The molecule has 2 aromatic rings. The third kappa shape index (κ3) is 2.71. The maximum atomic E-state index is 11.3. The van der Waals surface area contributed by atoms with Crippen molar-refractivity contribution >= 4 is 22.7 Å². The summed E-state index contributed by atoms with van der Waals surface area (Å²) in [4.78, 5) is 10.9. The Balaban J connectivity index is 2.45. The van der Waals surface area contributed by atoms with Gasteiger partial charge < -0.3 is 10.6 Å². The molecule has 2 rings (SSSR count). The molecule has 0 saturated carbocycles. The third-order valence-corrected chi connectivity index (χ3v) is 3.14. The summed E-state index contributed by atoms with van der Waals surface area (Å²) in [6.07, 6.45) is 0. The van der Waals surface area contributed by atoms with E-state index in [9.17, 15) is 10.1 Å². The number of nitrogens with zero attached hydrogens (tertiary/aromatic N) is 1. The van der Waals surface area contributed by atoms with Crippen LogP contribution in [0.2, 0.25) is 0 Å². The van der Waals surface area contributed by atoms with Gasteiger partial charge in [0.15, 0.2) is 0 Å². The summed E-state index contributed by atoms with van der Waals surface area (Å²) < 4.78 is 0. The second kappa shape index (κ2) is 5.61. The summed E-state index contributed by atoms with van der Waals surface area (Å²) >= 11 is 0. The Morgan fingerprint density at radius 2 is 1.75 bits per heavy atom. The molecule has 5 nitrogen and oxygen atoms in total. The van der Waals surface area contributed by atoms with Crippen LogP contribution in [0.3, 0.4) is 0 Å². The molecule has 0 aliphatic rings. The van der Waals surface area contributed by atoms with Gasteiger partial charge in [0.25, 0.3) is 0 Å². The predicted octanol–water partition coefficient (Wildman–Crippen LogP) is 4.00. The maximum absolute atomic E-state index is 11.3. The zero-order valence-electron chi connectivity index (χ0n) is 11.7. The number of rotatable bonds is 4. The lowest BCUT2D eigenvalue weighted by Crippen LogP contribution is -2.02. The molecule has 20 heavy (non-hydrogen) atoms. The van der Waals surface area contributed by atoms with Crippen LogP contribution in [0, 0.1) is 24.0 Å². The maximum Gasteiger partial charge on any atom is 0.315 e. The van der Waals surface area contributed by atoms with E-state index in [0.717, 1.165) is 16.8 Å². The van der Waals surface area contributed by atoms with Crippen molar-refractivity contribution in [3.8, 4) is 0 Å². The van der Waals surface area contributed by atoms with Crippen LogP contribution in [-0.2, 0) is 0 Å². The van der Waals surface area contributed by atoms with E-state index in [1.807, 2.05) is 32.0 Å². The first-order valence-electron chi connectivity index (χ1n) is 6.32. The molecule has 0 aliphatic heterocycles.